The first-order valence-electron chi connectivity index (χ1n) is 9.63. The molecule has 0 fully saturated rings. The number of methoxy groups -OCH3 is 1. The lowest BCUT2D eigenvalue weighted by Crippen LogP contribution is -2.10. The van der Waals surface area contributed by atoms with Gasteiger partial charge in [-0.2, -0.15) is 0 Å². The maximum atomic E-state index is 5.33. The summed E-state index contributed by atoms with van der Waals surface area (Å²) in [7, 11) is 1.70. The summed E-state index contributed by atoms with van der Waals surface area (Å²) in [6, 6.07) is 25.9. The lowest BCUT2D eigenvalue weighted by atomic mass is 10.0. The lowest BCUT2D eigenvalue weighted by Gasteiger charge is -2.26. The minimum Gasteiger partial charge on any atom is -0.497 e. The van der Waals surface area contributed by atoms with Crippen molar-refractivity contribution >= 4 is 17.1 Å². The molecule has 2 heteroatoms. The quantitative estimate of drug-likeness (QED) is 0.454. The number of hydrogen-bond donors (Lipinski definition) is 0. The Hall–Kier alpha value is -2.74. The maximum Gasteiger partial charge on any atom is 0.119 e. The van der Waals surface area contributed by atoms with Gasteiger partial charge in [0.05, 0.1) is 7.11 Å². The van der Waals surface area contributed by atoms with Gasteiger partial charge in [0, 0.05) is 17.1 Å². The van der Waals surface area contributed by atoms with Gasteiger partial charge < -0.3 is 9.64 Å². The zero-order valence-electron chi connectivity index (χ0n) is 16.9. The first-order valence-corrected chi connectivity index (χ1v) is 9.63. The molecule has 0 aliphatic heterocycles. The van der Waals surface area contributed by atoms with E-state index in [0.29, 0.717) is 11.8 Å². The number of ether oxygens (including phenoxy) is 1. The summed E-state index contributed by atoms with van der Waals surface area (Å²) in [5, 5.41) is 0. The van der Waals surface area contributed by atoms with Crippen molar-refractivity contribution in [3.8, 4) is 5.75 Å². The first-order chi connectivity index (χ1) is 13.0. The van der Waals surface area contributed by atoms with Crippen molar-refractivity contribution in [1.29, 1.82) is 0 Å². The molecule has 0 spiro atoms. The van der Waals surface area contributed by atoms with Crippen molar-refractivity contribution in [2.24, 2.45) is 0 Å². The third-order valence-electron chi connectivity index (χ3n) is 4.97. The van der Waals surface area contributed by atoms with E-state index in [4.69, 9.17) is 4.74 Å². The highest BCUT2D eigenvalue weighted by molar-refractivity contribution is 5.76. The van der Waals surface area contributed by atoms with E-state index in [2.05, 4.69) is 93.3 Å². The van der Waals surface area contributed by atoms with Gasteiger partial charge in [-0.1, -0.05) is 52.0 Å². The van der Waals surface area contributed by atoms with Gasteiger partial charge in [-0.25, -0.2) is 0 Å². The number of hydrogen-bond acceptors (Lipinski definition) is 2. The van der Waals surface area contributed by atoms with Crippen LogP contribution < -0.4 is 9.64 Å². The maximum absolute atomic E-state index is 5.33. The highest BCUT2D eigenvalue weighted by Crippen LogP contribution is 2.36. The highest BCUT2D eigenvalue weighted by Gasteiger charge is 2.13. The molecule has 3 aromatic carbocycles. The standard InChI is InChI=1S/C25H29NO/c1-18(2)20-6-10-22(11-7-20)26(24-14-16-25(27-5)17-15-24)23-12-8-21(9-13-23)19(3)4/h6-19H,1-5H3. The minimum absolute atomic E-state index is 0.527. The molecule has 27 heavy (non-hydrogen) atoms. The molecule has 140 valence electrons. The molecule has 0 amide bonds. The van der Waals surface area contributed by atoms with Crippen LogP contribution in [0.25, 0.3) is 0 Å². The molecule has 0 heterocycles. The van der Waals surface area contributed by atoms with Crippen LogP contribution in [0.2, 0.25) is 0 Å². The summed E-state index contributed by atoms with van der Waals surface area (Å²) in [5.74, 6) is 1.92. The summed E-state index contributed by atoms with van der Waals surface area (Å²) in [6.07, 6.45) is 0. The summed E-state index contributed by atoms with van der Waals surface area (Å²) in [4.78, 5) is 2.29. The van der Waals surface area contributed by atoms with Crippen molar-refractivity contribution in [2.45, 2.75) is 39.5 Å². The molecule has 0 N–H and O–H groups in total. The lowest BCUT2D eigenvalue weighted by molar-refractivity contribution is 0.415. The Balaban J connectivity index is 2.04. The van der Waals surface area contributed by atoms with Crippen LogP contribution >= 0.6 is 0 Å². The van der Waals surface area contributed by atoms with Crippen LogP contribution in [0.1, 0.15) is 50.7 Å². The van der Waals surface area contributed by atoms with Crippen LogP contribution in [0.5, 0.6) is 5.75 Å². The van der Waals surface area contributed by atoms with E-state index in [-0.39, 0.29) is 0 Å². The van der Waals surface area contributed by atoms with Crippen LogP contribution in [0.4, 0.5) is 17.1 Å². The SMILES string of the molecule is COc1ccc(N(c2ccc(C(C)C)cc2)c2ccc(C(C)C)cc2)cc1. The average Bonchev–Trinajstić information content (AvgIpc) is 2.69. The Bertz CT molecular complexity index is 795. The van der Waals surface area contributed by atoms with Crippen molar-refractivity contribution in [3.05, 3.63) is 83.9 Å². The van der Waals surface area contributed by atoms with Gasteiger partial charge in [0.2, 0.25) is 0 Å². The van der Waals surface area contributed by atoms with Gasteiger partial charge >= 0.3 is 0 Å². The number of rotatable bonds is 6. The summed E-state index contributed by atoms with van der Waals surface area (Å²) >= 11 is 0. The molecule has 3 rings (SSSR count). The molecule has 0 unspecified atom stereocenters. The van der Waals surface area contributed by atoms with Crippen LogP contribution in [-0.4, -0.2) is 7.11 Å². The topological polar surface area (TPSA) is 12.5 Å². The van der Waals surface area contributed by atoms with Gasteiger partial charge in [-0.05, 0) is 71.5 Å². The molecule has 2 nitrogen and oxygen atoms in total. The van der Waals surface area contributed by atoms with Gasteiger partial charge in [-0.15, -0.1) is 0 Å². The largest absolute Gasteiger partial charge is 0.497 e. The van der Waals surface area contributed by atoms with E-state index in [1.165, 1.54) is 11.1 Å². The molecule has 0 aliphatic carbocycles. The molecule has 0 saturated heterocycles. The third-order valence-corrected chi connectivity index (χ3v) is 4.97. The van der Waals surface area contributed by atoms with E-state index in [9.17, 15) is 0 Å². The average molecular weight is 360 g/mol. The van der Waals surface area contributed by atoms with E-state index in [1.54, 1.807) is 7.11 Å². The Kier molecular flexibility index (Phi) is 5.85. The van der Waals surface area contributed by atoms with Gasteiger partial charge in [0.25, 0.3) is 0 Å². The molecule has 0 atom stereocenters. The fourth-order valence-corrected chi connectivity index (χ4v) is 3.20. The minimum atomic E-state index is 0.527. The molecule has 0 aliphatic rings. The van der Waals surface area contributed by atoms with Crippen LogP contribution in [0.15, 0.2) is 72.8 Å². The second kappa shape index (κ2) is 8.30. The fourth-order valence-electron chi connectivity index (χ4n) is 3.20. The summed E-state index contributed by atoms with van der Waals surface area (Å²) in [5.41, 5.74) is 6.13. The number of benzene rings is 3. The molecule has 0 saturated carbocycles. The predicted octanol–water partition coefficient (Wildman–Crippen LogP) is 7.41. The smallest absolute Gasteiger partial charge is 0.119 e. The predicted molar refractivity (Wildman–Crippen MR) is 116 cm³/mol. The Morgan fingerprint density at radius 2 is 0.889 bits per heavy atom. The first kappa shape index (κ1) is 19.0. The van der Waals surface area contributed by atoms with Gasteiger partial charge in [-0.3, -0.25) is 0 Å². The fraction of sp³-hybridized carbons (Fsp3) is 0.280. The number of anilines is 3. The molecule has 0 aromatic heterocycles. The second-order valence-corrected chi connectivity index (χ2v) is 7.53. The Labute approximate surface area is 163 Å². The normalized spacial score (nSPS) is 11.1. The van der Waals surface area contributed by atoms with Crippen molar-refractivity contribution in [2.75, 3.05) is 12.0 Å². The molecular weight excluding hydrogens is 330 g/mol. The van der Waals surface area contributed by atoms with Crippen LogP contribution in [0, 0.1) is 0 Å². The Morgan fingerprint density at radius 1 is 0.556 bits per heavy atom. The van der Waals surface area contributed by atoms with E-state index >= 15 is 0 Å². The molecular formula is C25H29NO. The van der Waals surface area contributed by atoms with Crippen LogP contribution in [-0.2, 0) is 0 Å². The Morgan fingerprint density at radius 3 is 1.19 bits per heavy atom. The number of nitrogens with zero attached hydrogens (tertiary/aromatic N) is 1. The van der Waals surface area contributed by atoms with Crippen molar-refractivity contribution in [1.82, 2.24) is 0 Å². The highest BCUT2D eigenvalue weighted by atomic mass is 16.5. The zero-order valence-corrected chi connectivity index (χ0v) is 16.9. The second-order valence-electron chi connectivity index (χ2n) is 7.53. The van der Waals surface area contributed by atoms with E-state index in [1.807, 2.05) is 12.1 Å². The van der Waals surface area contributed by atoms with Crippen LogP contribution in [0.3, 0.4) is 0 Å². The van der Waals surface area contributed by atoms with Crippen molar-refractivity contribution < 1.29 is 4.74 Å². The summed E-state index contributed by atoms with van der Waals surface area (Å²) in [6.45, 7) is 8.89. The van der Waals surface area contributed by atoms with Gasteiger partial charge in [0.15, 0.2) is 0 Å². The molecule has 3 aromatic rings. The van der Waals surface area contributed by atoms with E-state index in [0.717, 1.165) is 22.8 Å². The zero-order chi connectivity index (χ0) is 19.4. The van der Waals surface area contributed by atoms with Crippen molar-refractivity contribution in [3.63, 3.8) is 0 Å². The monoisotopic (exact) mass is 359 g/mol. The molecule has 0 radical (unpaired) electrons. The van der Waals surface area contributed by atoms with E-state index < -0.39 is 0 Å². The third kappa shape index (κ3) is 4.33. The van der Waals surface area contributed by atoms with Gasteiger partial charge in [0.1, 0.15) is 5.75 Å². The summed E-state index contributed by atoms with van der Waals surface area (Å²) < 4.78 is 5.33. The molecule has 0 bridgehead atoms.